The molecule has 0 spiro atoms. The molecule has 196 valence electrons. The molecule has 3 fully saturated rings. The second kappa shape index (κ2) is 11.1. The summed E-state index contributed by atoms with van der Waals surface area (Å²) in [5, 5.41) is 0. The summed E-state index contributed by atoms with van der Waals surface area (Å²) in [5.41, 5.74) is 10.1. The van der Waals surface area contributed by atoms with Crippen LogP contribution in [0.15, 0.2) is 4.99 Å². The molecule has 3 rings (SSSR count). The van der Waals surface area contributed by atoms with Crippen LogP contribution in [0.2, 0.25) is 0 Å². The third-order valence-electron chi connectivity index (χ3n) is 6.51. The van der Waals surface area contributed by atoms with Gasteiger partial charge in [0, 0.05) is 45.8 Å². The number of nitrogens with zero attached hydrogens (tertiary/aromatic N) is 5. The first-order chi connectivity index (χ1) is 16.5. The fourth-order valence-corrected chi connectivity index (χ4v) is 4.71. The number of hydrogen-bond donors (Lipinski definition) is 2. The summed E-state index contributed by atoms with van der Waals surface area (Å²) in [7, 11) is 0. The van der Waals surface area contributed by atoms with Crippen molar-refractivity contribution in [3.05, 3.63) is 0 Å². The number of hydrogen-bond acceptors (Lipinski definition) is 6. The van der Waals surface area contributed by atoms with Crippen molar-refractivity contribution in [2.24, 2.45) is 22.4 Å². The van der Waals surface area contributed by atoms with Gasteiger partial charge in [-0.25, -0.2) is 9.59 Å². The highest BCUT2D eigenvalue weighted by molar-refractivity contribution is 6.09. The predicted octanol–water partition coefficient (Wildman–Crippen LogP) is 0.552. The predicted molar refractivity (Wildman–Crippen MR) is 129 cm³/mol. The molecule has 2 atom stereocenters. The standard InChI is InChI=1S/C23H39N7O5/c1-23(2,3)35-22(34)29-14-12-28(13-15-29)21(33)30-17(19(32)27-10-5-4-6-11-27)16(18(30)31)8-7-9-26-20(24)25/h16-17H,4-15H2,1-3H3,(H4,24,25,26)/t16-,17+/m1/s1. The van der Waals surface area contributed by atoms with E-state index in [1.165, 1.54) is 4.90 Å². The largest absolute Gasteiger partial charge is 0.444 e. The van der Waals surface area contributed by atoms with Gasteiger partial charge in [-0.05, 0) is 52.9 Å². The Morgan fingerprint density at radius 1 is 0.943 bits per heavy atom. The molecule has 0 aromatic heterocycles. The number of aliphatic imine (C=N–C) groups is 1. The van der Waals surface area contributed by atoms with Crippen molar-refractivity contribution in [2.45, 2.75) is 64.5 Å². The smallest absolute Gasteiger partial charge is 0.410 e. The maximum Gasteiger partial charge on any atom is 0.410 e. The van der Waals surface area contributed by atoms with Crippen molar-refractivity contribution < 1.29 is 23.9 Å². The number of ether oxygens (including phenoxy) is 1. The Balaban J connectivity index is 1.65. The average Bonchev–Trinajstić information content (AvgIpc) is 2.81. The molecule has 4 N–H and O–H groups in total. The summed E-state index contributed by atoms with van der Waals surface area (Å²) in [5.74, 6) is -1.10. The van der Waals surface area contributed by atoms with Crippen molar-refractivity contribution in [1.29, 1.82) is 0 Å². The topological polar surface area (TPSA) is 155 Å². The van der Waals surface area contributed by atoms with Crippen molar-refractivity contribution >= 4 is 29.9 Å². The first-order valence-corrected chi connectivity index (χ1v) is 12.4. The third-order valence-corrected chi connectivity index (χ3v) is 6.51. The van der Waals surface area contributed by atoms with E-state index < -0.39 is 29.7 Å². The van der Waals surface area contributed by atoms with Crippen LogP contribution >= 0.6 is 0 Å². The number of guanidine groups is 1. The third kappa shape index (κ3) is 6.55. The second-order valence-corrected chi connectivity index (χ2v) is 10.3. The first kappa shape index (κ1) is 26.6. The Morgan fingerprint density at radius 2 is 1.54 bits per heavy atom. The quantitative estimate of drug-likeness (QED) is 0.245. The van der Waals surface area contributed by atoms with Crippen molar-refractivity contribution in [3.63, 3.8) is 0 Å². The van der Waals surface area contributed by atoms with Gasteiger partial charge in [0.2, 0.25) is 11.8 Å². The van der Waals surface area contributed by atoms with Gasteiger partial charge in [0.25, 0.3) is 0 Å². The average molecular weight is 494 g/mol. The molecule has 0 aromatic carbocycles. The molecule has 3 heterocycles. The Bertz CT molecular complexity index is 838. The molecule has 3 aliphatic rings. The first-order valence-electron chi connectivity index (χ1n) is 12.4. The van der Waals surface area contributed by atoms with Crippen LogP contribution in [-0.2, 0) is 14.3 Å². The highest BCUT2D eigenvalue weighted by Gasteiger charge is 2.56. The molecule has 0 aliphatic carbocycles. The van der Waals surface area contributed by atoms with E-state index in [2.05, 4.69) is 4.99 Å². The summed E-state index contributed by atoms with van der Waals surface area (Å²) in [6.07, 6.45) is 3.44. The Morgan fingerprint density at radius 3 is 2.11 bits per heavy atom. The molecule has 0 unspecified atom stereocenters. The summed E-state index contributed by atoms with van der Waals surface area (Å²) in [4.78, 5) is 62.0. The van der Waals surface area contributed by atoms with Gasteiger partial charge in [-0.1, -0.05) is 0 Å². The normalized spacial score (nSPS) is 23.0. The summed E-state index contributed by atoms with van der Waals surface area (Å²) < 4.78 is 5.40. The van der Waals surface area contributed by atoms with Crippen LogP contribution in [0.4, 0.5) is 9.59 Å². The fourth-order valence-electron chi connectivity index (χ4n) is 4.71. The van der Waals surface area contributed by atoms with Crippen LogP contribution < -0.4 is 11.5 Å². The Hall–Kier alpha value is -3.05. The zero-order valence-corrected chi connectivity index (χ0v) is 21.1. The van der Waals surface area contributed by atoms with E-state index >= 15 is 0 Å². The van der Waals surface area contributed by atoms with Gasteiger partial charge in [0.1, 0.15) is 11.6 Å². The number of rotatable bonds is 5. The van der Waals surface area contributed by atoms with Crippen molar-refractivity contribution in [1.82, 2.24) is 19.6 Å². The molecule has 12 heteroatoms. The molecule has 0 bridgehead atoms. The highest BCUT2D eigenvalue weighted by atomic mass is 16.6. The Kier molecular flexibility index (Phi) is 8.44. The zero-order chi connectivity index (χ0) is 25.8. The molecule has 0 saturated carbocycles. The minimum Gasteiger partial charge on any atom is -0.444 e. The summed E-state index contributed by atoms with van der Waals surface area (Å²) in [6, 6.07) is -1.29. The second-order valence-electron chi connectivity index (χ2n) is 10.3. The van der Waals surface area contributed by atoms with Crippen LogP contribution in [0, 0.1) is 5.92 Å². The lowest BCUT2D eigenvalue weighted by Gasteiger charge is -2.49. The number of β-lactam (4-membered cyclic amide) rings is 1. The number of piperazine rings is 1. The number of nitrogens with two attached hydrogens (primary N) is 2. The Labute approximate surface area is 206 Å². The van der Waals surface area contributed by atoms with E-state index in [1.807, 2.05) is 0 Å². The van der Waals surface area contributed by atoms with Gasteiger partial charge >= 0.3 is 12.1 Å². The number of carbonyl (C=O) groups excluding carboxylic acids is 4. The van der Waals surface area contributed by atoms with E-state index in [4.69, 9.17) is 16.2 Å². The molecule has 0 aromatic rings. The van der Waals surface area contributed by atoms with Crippen LogP contribution in [0.3, 0.4) is 0 Å². The molecule has 0 radical (unpaired) electrons. The van der Waals surface area contributed by atoms with Gasteiger partial charge in [0.15, 0.2) is 5.96 Å². The van der Waals surface area contributed by atoms with E-state index in [9.17, 15) is 19.2 Å². The summed E-state index contributed by atoms with van der Waals surface area (Å²) in [6.45, 7) is 8.17. The number of carbonyl (C=O) groups is 4. The molecular weight excluding hydrogens is 454 g/mol. The minimum absolute atomic E-state index is 0.0202. The maximum absolute atomic E-state index is 13.4. The lowest BCUT2D eigenvalue weighted by atomic mass is 9.82. The SMILES string of the molecule is CC(C)(C)OC(=O)N1CCN(C(=O)N2C(=O)[C@H](CCCN=C(N)N)[C@H]2C(=O)N2CCCCC2)CC1. The lowest BCUT2D eigenvalue weighted by Crippen LogP contribution is -2.71. The molecule has 12 nitrogen and oxygen atoms in total. The molecule has 3 saturated heterocycles. The van der Waals surface area contributed by atoms with Crippen LogP contribution in [0.5, 0.6) is 0 Å². The van der Waals surface area contributed by atoms with E-state index in [0.717, 1.165) is 24.2 Å². The van der Waals surface area contributed by atoms with Gasteiger partial charge in [-0.3, -0.25) is 19.5 Å². The number of piperidine rings is 1. The minimum atomic E-state index is -0.809. The van der Waals surface area contributed by atoms with Crippen LogP contribution in [-0.4, -0.2) is 107 Å². The molecule has 35 heavy (non-hydrogen) atoms. The number of likely N-dealkylation sites (tertiary alicyclic amines) is 2. The van der Waals surface area contributed by atoms with Gasteiger partial charge in [0.05, 0.1) is 5.92 Å². The fraction of sp³-hybridized carbons (Fsp3) is 0.783. The maximum atomic E-state index is 13.4. The molecule has 3 aliphatic heterocycles. The number of amides is 5. The van der Waals surface area contributed by atoms with Gasteiger partial charge in [-0.15, -0.1) is 0 Å². The number of urea groups is 1. The van der Waals surface area contributed by atoms with Crippen molar-refractivity contribution in [2.75, 3.05) is 45.8 Å². The zero-order valence-electron chi connectivity index (χ0n) is 21.1. The lowest BCUT2D eigenvalue weighted by molar-refractivity contribution is -0.164. The van der Waals surface area contributed by atoms with Gasteiger partial charge < -0.3 is 30.9 Å². The van der Waals surface area contributed by atoms with E-state index in [-0.39, 0.29) is 30.9 Å². The van der Waals surface area contributed by atoms with Crippen LogP contribution in [0.25, 0.3) is 0 Å². The van der Waals surface area contributed by atoms with E-state index in [1.54, 1.807) is 30.6 Å². The molecular formula is C23H39N7O5. The van der Waals surface area contributed by atoms with Gasteiger partial charge in [-0.2, -0.15) is 0 Å². The highest BCUT2D eigenvalue weighted by Crippen LogP contribution is 2.34. The van der Waals surface area contributed by atoms with Crippen molar-refractivity contribution in [3.8, 4) is 0 Å². The number of imide groups is 1. The summed E-state index contributed by atoms with van der Waals surface area (Å²) >= 11 is 0. The van der Waals surface area contributed by atoms with Crippen LogP contribution in [0.1, 0.15) is 52.9 Å². The molecule has 5 amide bonds. The monoisotopic (exact) mass is 493 g/mol. The van der Waals surface area contributed by atoms with E-state index in [0.29, 0.717) is 45.6 Å².